The van der Waals surface area contributed by atoms with Gasteiger partial charge in [0.1, 0.15) is 11.5 Å². The van der Waals surface area contributed by atoms with Gasteiger partial charge < -0.3 is 4.74 Å². The van der Waals surface area contributed by atoms with Gasteiger partial charge in [-0.1, -0.05) is 25.1 Å². The molecule has 1 aliphatic rings. The molecule has 0 radical (unpaired) electrons. The Morgan fingerprint density at radius 2 is 2.25 bits per heavy atom. The predicted octanol–water partition coefficient (Wildman–Crippen LogP) is 3.17. The fourth-order valence-corrected chi connectivity index (χ4v) is 2.39. The lowest BCUT2D eigenvalue weighted by Gasteiger charge is -2.15. The fourth-order valence-electron chi connectivity index (χ4n) is 2.39. The van der Waals surface area contributed by atoms with Crippen LogP contribution >= 0.6 is 0 Å². The zero-order valence-corrected chi connectivity index (χ0v) is 9.90. The first kappa shape index (κ1) is 11.2. The lowest BCUT2D eigenvalue weighted by molar-refractivity contribution is -0.121. The molecule has 2 heteroatoms. The number of fused-ring (bicyclic) bond motifs is 1. The minimum atomic E-state index is 0.180. The molecule has 86 valence electrons. The van der Waals surface area contributed by atoms with Crippen LogP contribution in [0.5, 0.6) is 5.75 Å². The maximum Gasteiger partial charge on any atom is 0.132 e. The van der Waals surface area contributed by atoms with Crippen LogP contribution in [-0.2, 0) is 4.79 Å². The van der Waals surface area contributed by atoms with E-state index in [0.717, 1.165) is 25.2 Å². The molecule has 0 fully saturated rings. The van der Waals surface area contributed by atoms with Gasteiger partial charge in [0.25, 0.3) is 0 Å². The number of benzene rings is 1. The predicted molar refractivity (Wildman–Crippen MR) is 63.8 cm³/mol. The van der Waals surface area contributed by atoms with E-state index in [-0.39, 0.29) is 5.92 Å². The van der Waals surface area contributed by atoms with Crippen LogP contribution in [0.3, 0.4) is 0 Å². The average molecular weight is 218 g/mol. The van der Waals surface area contributed by atoms with E-state index >= 15 is 0 Å². The summed E-state index contributed by atoms with van der Waals surface area (Å²) in [6, 6.07) is 8.14. The summed E-state index contributed by atoms with van der Waals surface area (Å²) in [7, 11) is 0. The van der Waals surface area contributed by atoms with Gasteiger partial charge in [-0.2, -0.15) is 0 Å². The third kappa shape index (κ3) is 2.11. The van der Waals surface area contributed by atoms with E-state index in [2.05, 4.69) is 13.0 Å². The van der Waals surface area contributed by atoms with Gasteiger partial charge in [0, 0.05) is 17.4 Å². The van der Waals surface area contributed by atoms with E-state index in [1.165, 1.54) is 5.56 Å². The number of Topliss-reactive ketones (excluding diaryl/α,β-unsaturated/α-hetero) is 1. The van der Waals surface area contributed by atoms with Gasteiger partial charge in [0.2, 0.25) is 0 Å². The zero-order valence-electron chi connectivity index (χ0n) is 9.90. The molecule has 16 heavy (non-hydrogen) atoms. The third-order valence-electron chi connectivity index (χ3n) is 3.44. The first-order valence-electron chi connectivity index (χ1n) is 5.94. The highest BCUT2D eigenvalue weighted by Gasteiger charge is 2.27. The lowest BCUT2D eigenvalue weighted by Crippen LogP contribution is -2.15. The van der Waals surface area contributed by atoms with Crippen LogP contribution in [-0.4, -0.2) is 12.4 Å². The van der Waals surface area contributed by atoms with E-state index in [9.17, 15) is 4.79 Å². The van der Waals surface area contributed by atoms with Gasteiger partial charge in [-0.3, -0.25) is 4.79 Å². The smallest absolute Gasteiger partial charge is 0.132 e. The Bertz CT molecular complexity index is 384. The Kier molecular flexibility index (Phi) is 3.28. The molecule has 0 spiro atoms. The first-order valence-corrected chi connectivity index (χ1v) is 5.94. The molecule has 0 saturated carbocycles. The van der Waals surface area contributed by atoms with Crippen LogP contribution in [0.1, 0.15) is 38.2 Å². The molecule has 0 aromatic heterocycles. The van der Waals surface area contributed by atoms with E-state index in [0.29, 0.717) is 11.7 Å². The van der Waals surface area contributed by atoms with Gasteiger partial charge in [0.05, 0.1) is 6.61 Å². The number of carbonyl (C=O) groups is 1. The molecule has 1 aromatic carbocycles. The second kappa shape index (κ2) is 4.69. The Balaban J connectivity index is 2.11. The monoisotopic (exact) mass is 218 g/mol. The molecule has 0 aliphatic carbocycles. The van der Waals surface area contributed by atoms with E-state index in [1.54, 1.807) is 6.92 Å². The molecular formula is C14H18O2. The molecule has 2 unspecified atom stereocenters. The normalized spacial score (nSPS) is 20.0. The van der Waals surface area contributed by atoms with Crippen molar-refractivity contribution in [2.45, 2.75) is 32.6 Å². The average Bonchev–Trinajstić information content (AvgIpc) is 2.69. The van der Waals surface area contributed by atoms with Crippen LogP contribution < -0.4 is 4.74 Å². The summed E-state index contributed by atoms with van der Waals surface area (Å²) in [6.45, 7) is 4.49. The largest absolute Gasteiger partial charge is 0.493 e. The molecule has 1 aliphatic heterocycles. The molecule has 2 rings (SSSR count). The standard InChI is InChI=1S/C14H18O2/c1-3-11(10(2)15)8-12-9-16-14-7-5-4-6-13(12)14/h4-7,11-12H,3,8-9H2,1-2H3. The van der Waals surface area contributed by atoms with E-state index in [4.69, 9.17) is 4.74 Å². The Morgan fingerprint density at radius 3 is 2.94 bits per heavy atom. The van der Waals surface area contributed by atoms with Crippen LogP contribution in [0.15, 0.2) is 24.3 Å². The summed E-state index contributed by atoms with van der Waals surface area (Å²) < 4.78 is 5.62. The SMILES string of the molecule is CCC(CC1COc2ccccc21)C(C)=O. The highest BCUT2D eigenvalue weighted by molar-refractivity contribution is 5.78. The minimum absolute atomic E-state index is 0.180. The first-order chi connectivity index (χ1) is 7.72. The highest BCUT2D eigenvalue weighted by Crippen LogP contribution is 2.37. The molecule has 0 bridgehead atoms. The third-order valence-corrected chi connectivity index (χ3v) is 3.44. The van der Waals surface area contributed by atoms with Crippen molar-refractivity contribution in [1.82, 2.24) is 0 Å². The number of carbonyl (C=O) groups excluding carboxylic acids is 1. The number of ketones is 1. The van der Waals surface area contributed by atoms with Crippen molar-refractivity contribution in [1.29, 1.82) is 0 Å². The maximum atomic E-state index is 11.4. The highest BCUT2D eigenvalue weighted by atomic mass is 16.5. The molecule has 0 N–H and O–H groups in total. The molecule has 1 heterocycles. The molecule has 0 amide bonds. The van der Waals surface area contributed by atoms with E-state index in [1.807, 2.05) is 18.2 Å². The summed E-state index contributed by atoms with van der Waals surface area (Å²) in [6.07, 6.45) is 1.84. The second-order valence-corrected chi connectivity index (χ2v) is 4.50. The minimum Gasteiger partial charge on any atom is -0.493 e. The summed E-state index contributed by atoms with van der Waals surface area (Å²) in [4.78, 5) is 11.4. The van der Waals surface area contributed by atoms with Gasteiger partial charge in [0.15, 0.2) is 0 Å². The van der Waals surface area contributed by atoms with Gasteiger partial charge in [-0.25, -0.2) is 0 Å². The van der Waals surface area contributed by atoms with Gasteiger partial charge in [-0.15, -0.1) is 0 Å². The number of hydrogen-bond acceptors (Lipinski definition) is 2. The van der Waals surface area contributed by atoms with Gasteiger partial charge >= 0.3 is 0 Å². The van der Waals surface area contributed by atoms with Crippen LogP contribution in [0, 0.1) is 5.92 Å². The van der Waals surface area contributed by atoms with Crippen molar-refractivity contribution in [3.63, 3.8) is 0 Å². The fraction of sp³-hybridized carbons (Fsp3) is 0.500. The number of para-hydroxylation sites is 1. The second-order valence-electron chi connectivity index (χ2n) is 4.50. The quantitative estimate of drug-likeness (QED) is 0.776. The topological polar surface area (TPSA) is 26.3 Å². The van der Waals surface area contributed by atoms with Crippen LogP contribution in [0.25, 0.3) is 0 Å². The molecule has 0 saturated heterocycles. The zero-order chi connectivity index (χ0) is 11.5. The number of ether oxygens (including phenoxy) is 1. The maximum absolute atomic E-state index is 11.4. The summed E-state index contributed by atoms with van der Waals surface area (Å²) >= 11 is 0. The summed E-state index contributed by atoms with van der Waals surface area (Å²) in [5.41, 5.74) is 1.27. The number of rotatable bonds is 4. The lowest BCUT2D eigenvalue weighted by atomic mass is 9.87. The Hall–Kier alpha value is -1.31. The van der Waals surface area contributed by atoms with Crippen LogP contribution in [0.4, 0.5) is 0 Å². The molecule has 2 atom stereocenters. The number of hydrogen-bond donors (Lipinski definition) is 0. The van der Waals surface area contributed by atoms with Crippen molar-refractivity contribution in [2.24, 2.45) is 5.92 Å². The van der Waals surface area contributed by atoms with Gasteiger partial charge in [-0.05, 0) is 25.8 Å². The van der Waals surface area contributed by atoms with Crippen molar-refractivity contribution in [3.05, 3.63) is 29.8 Å². The van der Waals surface area contributed by atoms with Crippen molar-refractivity contribution < 1.29 is 9.53 Å². The van der Waals surface area contributed by atoms with Crippen molar-refractivity contribution in [2.75, 3.05) is 6.61 Å². The Labute approximate surface area is 96.6 Å². The van der Waals surface area contributed by atoms with Crippen LogP contribution in [0.2, 0.25) is 0 Å². The van der Waals surface area contributed by atoms with Crippen molar-refractivity contribution in [3.8, 4) is 5.75 Å². The Morgan fingerprint density at radius 1 is 1.50 bits per heavy atom. The molecule has 1 aromatic rings. The summed E-state index contributed by atoms with van der Waals surface area (Å²) in [5, 5.41) is 0. The van der Waals surface area contributed by atoms with Crippen molar-refractivity contribution >= 4 is 5.78 Å². The summed E-state index contributed by atoms with van der Waals surface area (Å²) in [5.74, 6) is 1.86. The molecule has 2 nitrogen and oxygen atoms in total. The van der Waals surface area contributed by atoms with E-state index < -0.39 is 0 Å². The molecular weight excluding hydrogens is 200 g/mol.